The Hall–Kier alpha value is -1.74. The van der Waals surface area contributed by atoms with Gasteiger partial charge in [0.25, 0.3) is 0 Å². The molecule has 0 saturated heterocycles. The van der Waals surface area contributed by atoms with Crippen molar-refractivity contribution in [2.75, 3.05) is 22.2 Å². The standard InChI is InChI=1S/C19H20ClFN2/c1-2-12-22-14-23(19-13-16(21)8-9-18(19)22)17(10-11-20)15-6-4-3-5-7-15/h3-9,13,17H,2,10-12H2,1H3/t17-/m1/s1. The Morgan fingerprint density at radius 2 is 1.91 bits per heavy atom. The van der Waals surface area contributed by atoms with Gasteiger partial charge in [0.1, 0.15) is 5.82 Å². The molecule has 1 aliphatic rings. The molecular weight excluding hydrogens is 311 g/mol. The fourth-order valence-corrected chi connectivity index (χ4v) is 3.22. The summed E-state index contributed by atoms with van der Waals surface area (Å²) in [6.07, 6.45) is 1.78. The van der Waals surface area contributed by atoms with Crippen molar-refractivity contribution in [2.24, 2.45) is 0 Å². The average molecular weight is 331 g/mol. The molecule has 23 heavy (non-hydrogen) atoms. The third kappa shape index (κ3) is 3.30. The summed E-state index contributed by atoms with van der Waals surface area (Å²) >= 11 is 6.04. The predicted octanol–water partition coefficient (Wildman–Crippen LogP) is 5.23. The zero-order valence-corrected chi connectivity index (χ0v) is 13.9. The van der Waals surface area contributed by atoms with Crippen LogP contribution in [0.4, 0.5) is 15.8 Å². The third-order valence-electron chi connectivity index (χ3n) is 4.04. The first-order chi connectivity index (χ1) is 11.2. The monoisotopic (exact) mass is 330 g/mol. The Morgan fingerprint density at radius 1 is 1.13 bits per heavy atom. The SMILES string of the molecule is CCCN1[C]N([C@H](CCCl)c2ccccc2)c2cc(F)ccc21. The van der Waals surface area contributed by atoms with E-state index in [-0.39, 0.29) is 11.9 Å². The van der Waals surface area contributed by atoms with Gasteiger partial charge in [0.2, 0.25) is 6.67 Å². The molecule has 2 aromatic carbocycles. The van der Waals surface area contributed by atoms with Crippen LogP contribution >= 0.6 is 11.6 Å². The molecule has 0 amide bonds. The molecule has 0 unspecified atom stereocenters. The van der Waals surface area contributed by atoms with Gasteiger partial charge in [0.15, 0.2) is 0 Å². The number of nitrogens with zero attached hydrogens (tertiary/aromatic N) is 2. The van der Waals surface area contributed by atoms with Gasteiger partial charge in [-0.05, 0) is 36.6 Å². The number of hydrogen-bond acceptors (Lipinski definition) is 2. The van der Waals surface area contributed by atoms with E-state index in [0.717, 1.165) is 36.3 Å². The van der Waals surface area contributed by atoms with Crippen molar-refractivity contribution < 1.29 is 4.39 Å². The molecular formula is C19H20ClFN2. The molecule has 0 bridgehead atoms. The van der Waals surface area contributed by atoms with Crippen LogP contribution in [0.25, 0.3) is 0 Å². The van der Waals surface area contributed by atoms with Crippen molar-refractivity contribution in [3.05, 3.63) is 66.6 Å². The second kappa shape index (κ2) is 7.22. The van der Waals surface area contributed by atoms with Gasteiger partial charge in [-0.1, -0.05) is 37.3 Å². The Bertz CT molecular complexity index is 647. The lowest BCUT2D eigenvalue weighted by atomic mass is 10.0. The first-order valence-corrected chi connectivity index (χ1v) is 8.51. The zero-order chi connectivity index (χ0) is 16.2. The van der Waals surface area contributed by atoms with Gasteiger partial charge in [-0.2, -0.15) is 0 Å². The maximum atomic E-state index is 13.8. The Kier molecular flexibility index (Phi) is 5.06. The van der Waals surface area contributed by atoms with Crippen molar-refractivity contribution in [3.8, 4) is 0 Å². The third-order valence-corrected chi connectivity index (χ3v) is 4.26. The number of alkyl halides is 1. The minimum absolute atomic E-state index is 0.0520. The Balaban J connectivity index is 1.99. The summed E-state index contributed by atoms with van der Waals surface area (Å²) in [6, 6.07) is 15.2. The second-order valence-corrected chi connectivity index (χ2v) is 6.04. The van der Waals surface area contributed by atoms with Crippen molar-refractivity contribution in [1.82, 2.24) is 0 Å². The summed E-state index contributed by atoms with van der Waals surface area (Å²) in [5, 5.41) is 0. The first-order valence-electron chi connectivity index (χ1n) is 7.98. The highest BCUT2D eigenvalue weighted by molar-refractivity contribution is 6.17. The maximum absolute atomic E-state index is 13.8. The van der Waals surface area contributed by atoms with E-state index in [1.807, 2.05) is 29.2 Å². The lowest BCUT2D eigenvalue weighted by Gasteiger charge is -2.29. The highest BCUT2D eigenvalue weighted by Crippen LogP contribution is 2.44. The molecule has 0 aromatic heterocycles. The van der Waals surface area contributed by atoms with E-state index in [2.05, 4.69) is 30.6 Å². The molecule has 120 valence electrons. The molecule has 0 fully saturated rings. The summed E-state index contributed by atoms with van der Waals surface area (Å²) in [5.41, 5.74) is 3.02. The van der Waals surface area contributed by atoms with Gasteiger partial charge in [-0.15, -0.1) is 11.6 Å². The summed E-state index contributed by atoms with van der Waals surface area (Å²) in [5.74, 6) is 0.308. The number of halogens is 2. The molecule has 2 nitrogen and oxygen atoms in total. The summed E-state index contributed by atoms with van der Waals surface area (Å²) in [6.45, 7) is 6.39. The number of anilines is 2. The van der Waals surface area contributed by atoms with Crippen LogP contribution in [0.1, 0.15) is 31.4 Å². The summed E-state index contributed by atoms with van der Waals surface area (Å²) < 4.78 is 13.8. The topological polar surface area (TPSA) is 6.48 Å². The quantitative estimate of drug-likeness (QED) is 0.669. The lowest BCUT2D eigenvalue weighted by molar-refractivity contribution is 0.622. The van der Waals surface area contributed by atoms with Gasteiger partial charge >= 0.3 is 0 Å². The highest BCUT2D eigenvalue weighted by atomic mass is 35.5. The minimum Gasteiger partial charge on any atom is -0.340 e. The molecule has 0 N–H and O–H groups in total. The highest BCUT2D eigenvalue weighted by Gasteiger charge is 2.33. The molecule has 3 rings (SSSR count). The van der Waals surface area contributed by atoms with Crippen LogP contribution in [0.15, 0.2) is 48.5 Å². The molecule has 1 heterocycles. The summed E-state index contributed by atoms with van der Waals surface area (Å²) in [4.78, 5) is 4.10. The predicted molar refractivity (Wildman–Crippen MR) is 94.3 cm³/mol. The molecule has 0 saturated carbocycles. The van der Waals surface area contributed by atoms with E-state index in [4.69, 9.17) is 11.6 Å². The number of hydrogen-bond donors (Lipinski definition) is 0. The van der Waals surface area contributed by atoms with Crippen LogP contribution in [-0.4, -0.2) is 12.4 Å². The van der Waals surface area contributed by atoms with Crippen molar-refractivity contribution in [1.29, 1.82) is 0 Å². The van der Waals surface area contributed by atoms with Gasteiger partial charge < -0.3 is 9.80 Å². The fraction of sp³-hybridized carbons (Fsp3) is 0.316. The smallest absolute Gasteiger partial charge is 0.209 e. The number of benzene rings is 2. The molecule has 1 aliphatic heterocycles. The molecule has 1 atom stereocenters. The van der Waals surface area contributed by atoms with E-state index in [9.17, 15) is 4.39 Å². The zero-order valence-electron chi connectivity index (χ0n) is 13.2. The van der Waals surface area contributed by atoms with Crippen molar-refractivity contribution in [3.63, 3.8) is 0 Å². The van der Waals surface area contributed by atoms with Gasteiger partial charge in [0.05, 0.1) is 17.4 Å². The van der Waals surface area contributed by atoms with Gasteiger partial charge in [-0.3, -0.25) is 0 Å². The van der Waals surface area contributed by atoms with E-state index in [1.54, 1.807) is 6.07 Å². The van der Waals surface area contributed by atoms with Crippen LogP contribution in [0.2, 0.25) is 0 Å². The van der Waals surface area contributed by atoms with Crippen molar-refractivity contribution in [2.45, 2.75) is 25.8 Å². The fourth-order valence-electron chi connectivity index (χ4n) is 3.01. The molecule has 2 aromatic rings. The van der Waals surface area contributed by atoms with E-state index in [1.165, 1.54) is 6.07 Å². The van der Waals surface area contributed by atoms with Crippen LogP contribution in [-0.2, 0) is 0 Å². The van der Waals surface area contributed by atoms with E-state index < -0.39 is 0 Å². The van der Waals surface area contributed by atoms with Crippen LogP contribution < -0.4 is 9.80 Å². The molecule has 0 aliphatic carbocycles. The normalized spacial score (nSPS) is 14.9. The Morgan fingerprint density at radius 3 is 2.61 bits per heavy atom. The van der Waals surface area contributed by atoms with Crippen LogP contribution in [0, 0.1) is 12.5 Å². The van der Waals surface area contributed by atoms with E-state index in [0.29, 0.717) is 5.88 Å². The largest absolute Gasteiger partial charge is 0.340 e. The van der Waals surface area contributed by atoms with Gasteiger partial charge in [-0.25, -0.2) is 4.39 Å². The maximum Gasteiger partial charge on any atom is 0.209 e. The first kappa shape index (κ1) is 16.1. The Labute approximate surface area is 142 Å². The molecule has 4 heteroatoms. The number of rotatable bonds is 6. The minimum atomic E-state index is -0.230. The van der Waals surface area contributed by atoms with Crippen molar-refractivity contribution >= 4 is 23.0 Å². The average Bonchev–Trinajstić information content (AvgIpc) is 2.91. The molecule has 0 spiro atoms. The lowest BCUT2D eigenvalue weighted by Crippen LogP contribution is -2.29. The second-order valence-electron chi connectivity index (χ2n) is 5.66. The molecule has 2 radical (unpaired) electrons. The van der Waals surface area contributed by atoms with E-state index >= 15 is 0 Å². The van der Waals surface area contributed by atoms with Crippen LogP contribution in [0.5, 0.6) is 0 Å². The summed E-state index contributed by atoms with van der Waals surface area (Å²) in [7, 11) is 0. The van der Waals surface area contributed by atoms with Crippen LogP contribution in [0.3, 0.4) is 0 Å². The van der Waals surface area contributed by atoms with Gasteiger partial charge in [0, 0.05) is 12.4 Å². The number of fused-ring (bicyclic) bond motifs is 1.